The summed E-state index contributed by atoms with van der Waals surface area (Å²) >= 11 is 5.43. The number of nitrogens with one attached hydrogen (secondary N) is 3. The van der Waals surface area contributed by atoms with E-state index in [0.29, 0.717) is 10.5 Å². The van der Waals surface area contributed by atoms with Crippen molar-refractivity contribution in [3.63, 3.8) is 0 Å². The lowest BCUT2D eigenvalue weighted by atomic mass is 10.1. The molecule has 136 valence electrons. The summed E-state index contributed by atoms with van der Waals surface area (Å²) < 4.78 is 18.8. The van der Waals surface area contributed by atoms with Crippen LogP contribution in [0.25, 0.3) is 5.69 Å². The number of aromatic nitrogens is 3. The highest BCUT2D eigenvalue weighted by atomic mass is 35.5. The zero-order valence-corrected chi connectivity index (χ0v) is 15.1. The van der Waals surface area contributed by atoms with Gasteiger partial charge < -0.3 is 13.9 Å². The predicted molar refractivity (Wildman–Crippen MR) is 97.2 cm³/mol. The van der Waals surface area contributed by atoms with Crippen molar-refractivity contribution in [2.45, 2.75) is 18.5 Å². The molecule has 0 bridgehead atoms. The summed E-state index contributed by atoms with van der Waals surface area (Å²) in [5, 5.41) is 7.31. The highest BCUT2D eigenvalue weighted by molar-refractivity contribution is 7.71. The molecule has 26 heavy (non-hydrogen) atoms. The van der Waals surface area contributed by atoms with Crippen LogP contribution in [0.2, 0.25) is 0 Å². The standard InChI is InChI=1S/C16H15N5O3S.ClH/c25-16-20-19-15(11-7-10(17-18-11)12-2-1-5-22-12)21(16)9-3-4-13-14(6-9)24-8-23-13;/h1-6,10-11,17-18H,7-8H2,(H,20,25);1H. The van der Waals surface area contributed by atoms with Gasteiger partial charge in [0.05, 0.1) is 24.0 Å². The molecule has 1 aromatic carbocycles. The van der Waals surface area contributed by atoms with Gasteiger partial charge in [-0.05, 0) is 42.9 Å². The van der Waals surface area contributed by atoms with Gasteiger partial charge in [0, 0.05) is 6.07 Å². The molecular formula is C16H16ClN5O3S. The van der Waals surface area contributed by atoms with Gasteiger partial charge >= 0.3 is 0 Å². The number of furan rings is 1. The molecule has 5 rings (SSSR count). The molecule has 2 atom stereocenters. The molecule has 3 N–H and O–H groups in total. The van der Waals surface area contributed by atoms with Crippen LogP contribution in [0.3, 0.4) is 0 Å². The molecule has 2 unspecified atom stereocenters. The fraction of sp³-hybridized carbons (Fsp3) is 0.250. The second-order valence-corrected chi connectivity index (χ2v) is 6.29. The lowest BCUT2D eigenvalue weighted by Gasteiger charge is -2.12. The van der Waals surface area contributed by atoms with Crippen LogP contribution in [0.5, 0.6) is 11.5 Å². The Morgan fingerprint density at radius 2 is 1.96 bits per heavy atom. The molecule has 1 fully saturated rings. The molecule has 1 saturated heterocycles. The summed E-state index contributed by atoms with van der Waals surface area (Å²) in [5.41, 5.74) is 7.40. The summed E-state index contributed by atoms with van der Waals surface area (Å²) in [5.74, 6) is 3.13. The summed E-state index contributed by atoms with van der Waals surface area (Å²) in [7, 11) is 0. The van der Waals surface area contributed by atoms with Gasteiger partial charge in [-0.25, -0.2) is 10.9 Å². The zero-order valence-electron chi connectivity index (χ0n) is 13.5. The third-order valence-electron chi connectivity index (χ3n) is 4.41. The first-order valence-corrected chi connectivity index (χ1v) is 8.32. The lowest BCUT2D eigenvalue weighted by Crippen LogP contribution is -2.27. The number of halogens is 1. The Hall–Kier alpha value is -2.33. The van der Waals surface area contributed by atoms with Crippen molar-refractivity contribution in [2.24, 2.45) is 0 Å². The minimum Gasteiger partial charge on any atom is -0.468 e. The summed E-state index contributed by atoms with van der Waals surface area (Å²) in [6.45, 7) is 0.237. The predicted octanol–water partition coefficient (Wildman–Crippen LogP) is 2.95. The van der Waals surface area contributed by atoms with Crippen molar-refractivity contribution in [1.29, 1.82) is 0 Å². The van der Waals surface area contributed by atoms with Crippen molar-refractivity contribution < 1.29 is 13.9 Å². The Morgan fingerprint density at radius 1 is 1.12 bits per heavy atom. The first-order chi connectivity index (χ1) is 12.3. The van der Waals surface area contributed by atoms with Crippen LogP contribution in [0, 0.1) is 4.77 Å². The van der Waals surface area contributed by atoms with E-state index in [2.05, 4.69) is 21.0 Å². The molecule has 2 aliphatic rings. The third kappa shape index (κ3) is 2.78. The van der Waals surface area contributed by atoms with Gasteiger partial charge in [0.1, 0.15) is 5.76 Å². The SMILES string of the molecule is Cl.S=c1[nH]nc(C2CC(c3ccco3)NN2)n1-c1ccc2c(c1)OCO2. The van der Waals surface area contributed by atoms with E-state index in [1.54, 1.807) is 6.26 Å². The van der Waals surface area contributed by atoms with Crippen LogP contribution in [-0.2, 0) is 0 Å². The number of nitrogens with zero attached hydrogens (tertiary/aromatic N) is 2. The van der Waals surface area contributed by atoms with Gasteiger partial charge in [0.15, 0.2) is 22.1 Å². The van der Waals surface area contributed by atoms with E-state index in [1.807, 2.05) is 34.9 Å². The van der Waals surface area contributed by atoms with Gasteiger partial charge in [0.25, 0.3) is 0 Å². The molecule has 2 aliphatic heterocycles. The Kier molecular flexibility index (Phi) is 4.45. The van der Waals surface area contributed by atoms with Crippen LogP contribution in [0.4, 0.5) is 0 Å². The Balaban J connectivity index is 0.00000168. The Morgan fingerprint density at radius 3 is 2.81 bits per heavy atom. The molecule has 8 nitrogen and oxygen atoms in total. The number of H-pyrrole nitrogens is 1. The maximum atomic E-state index is 5.48. The van der Waals surface area contributed by atoms with Gasteiger partial charge in [-0.1, -0.05) is 0 Å². The number of benzene rings is 1. The average molecular weight is 394 g/mol. The number of fused-ring (bicyclic) bond motifs is 1. The number of rotatable bonds is 3. The van der Waals surface area contributed by atoms with E-state index in [9.17, 15) is 0 Å². The smallest absolute Gasteiger partial charge is 0.231 e. The molecular weight excluding hydrogens is 378 g/mol. The zero-order chi connectivity index (χ0) is 16.8. The fourth-order valence-corrected chi connectivity index (χ4v) is 3.46. The van der Waals surface area contributed by atoms with Gasteiger partial charge in [-0.3, -0.25) is 9.67 Å². The quantitative estimate of drug-likeness (QED) is 0.589. The number of hydrogen-bond acceptors (Lipinski definition) is 7. The van der Waals surface area contributed by atoms with Crippen molar-refractivity contribution in [1.82, 2.24) is 25.6 Å². The van der Waals surface area contributed by atoms with Crippen LogP contribution in [0.15, 0.2) is 41.0 Å². The largest absolute Gasteiger partial charge is 0.468 e. The molecule has 0 aliphatic carbocycles. The van der Waals surface area contributed by atoms with E-state index in [0.717, 1.165) is 29.4 Å². The van der Waals surface area contributed by atoms with Crippen LogP contribution in [0.1, 0.15) is 30.1 Å². The van der Waals surface area contributed by atoms with E-state index in [4.69, 9.17) is 26.1 Å². The molecule has 4 heterocycles. The molecule has 3 aromatic rings. The van der Waals surface area contributed by atoms with Crippen LogP contribution < -0.4 is 20.3 Å². The minimum atomic E-state index is -0.0199. The lowest BCUT2D eigenvalue weighted by molar-refractivity contribution is 0.174. The summed E-state index contributed by atoms with van der Waals surface area (Å²) in [6, 6.07) is 9.62. The second kappa shape index (κ2) is 6.76. The molecule has 10 heteroatoms. The normalized spacial score (nSPS) is 20.9. The highest BCUT2D eigenvalue weighted by Gasteiger charge is 2.31. The fourth-order valence-electron chi connectivity index (χ4n) is 3.22. The maximum Gasteiger partial charge on any atom is 0.231 e. The van der Waals surface area contributed by atoms with Crippen molar-refractivity contribution in [3.8, 4) is 17.2 Å². The van der Waals surface area contributed by atoms with Gasteiger partial charge in [-0.15, -0.1) is 12.4 Å². The number of aromatic amines is 1. The first kappa shape index (κ1) is 17.1. The van der Waals surface area contributed by atoms with Crippen molar-refractivity contribution in [2.75, 3.05) is 6.79 Å². The number of hydrogen-bond donors (Lipinski definition) is 3. The molecule has 0 amide bonds. The molecule has 2 aromatic heterocycles. The third-order valence-corrected chi connectivity index (χ3v) is 4.69. The van der Waals surface area contributed by atoms with Crippen LogP contribution in [-0.4, -0.2) is 21.6 Å². The van der Waals surface area contributed by atoms with E-state index >= 15 is 0 Å². The van der Waals surface area contributed by atoms with Crippen LogP contribution >= 0.6 is 24.6 Å². The van der Waals surface area contributed by atoms with Gasteiger partial charge in [0.2, 0.25) is 6.79 Å². The highest BCUT2D eigenvalue weighted by Crippen LogP contribution is 2.35. The van der Waals surface area contributed by atoms with E-state index in [1.165, 1.54) is 0 Å². The maximum absolute atomic E-state index is 5.48. The summed E-state index contributed by atoms with van der Waals surface area (Å²) in [4.78, 5) is 0. The van der Waals surface area contributed by atoms with E-state index in [-0.39, 0.29) is 31.3 Å². The number of hydrazine groups is 1. The first-order valence-electron chi connectivity index (χ1n) is 7.91. The minimum absolute atomic E-state index is 0. The van der Waals surface area contributed by atoms with Crippen molar-refractivity contribution in [3.05, 3.63) is 53.0 Å². The topological polar surface area (TPSA) is 89.3 Å². The summed E-state index contributed by atoms with van der Waals surface area (Å²) in [6.07, 6.45) is 2.46. The molecule has 0 spiro atoms. The molecule has 0 saturated carbocycles. The van der Waals surface area contributed by atoms with E-state index < -0.39 is 0 Å². The van der Waals surface area contributed by atoms with Gasteiger partial charge in [-0.2, -0.15) is 5.10 Å². The Bertz CT molecular complexity index is 971. The monoisotopic (exact) mass is 393 g/mol. The Labute approximate surface area is 159 Å². The number of ether oxygens (including phenoxy) is 2. The van der Waals surface area contributed by atoms with Crippen molar-refractivity contribution >= 4 is 24.6 Å². The second-order valence-electron chi connectivity index (χ2n) is 5.90. The average Bonchev–Trinajstić information content (AvgIpc) is 3.39. The molecule has 0 radical (unpaired) electrons.